The first-order valence-corrected chi connectivity index (χ1v) is 4.60. The third kappa shape index (κ3) is 3.01. The van der Waals surface area contributed by atoms with Crippen LogP contribution in [0.4, 0.5) is 0 Å². The maximum absolute atomic E-state index is 10.5. The molecule has 0 atom stereocenters. The fraction of sp³-hybridized carbons (Fsp3) is 0.111. The summed E-state index contributed by atoms with van der Waals surface area (Å²) in [6.07, 6.45) is 6.39. The van der Waals surface area contributed by atoms with Gasteiger partial charge < -0.3 is 5.73 Å². The topological polar surface area (TPSA) is 56.0 Å². The maximum atomic E-state index is 10.5. The van der Waals surface area contributed by atoms with E-state index in [1.165, 1.54) is 12.4 Å². The number of nitrogens with two attached hydrogens (primary N) is 1. The summed E-state index contributed by atoms with van der Waals surface area (Å²) < 4.78 is 0. The molecule has 1 rings (SSSR count). The third-order valence-electron chi connectivity index (χ3n) is 1.49. The normalized spacial score (nSPS) is 10.7. The molecule has 1 amide bonds. The number of carbonyl (C=O) groups excluding carboxylic acids is 1. The first-order chi connectivity index (χ1) is 6.61. The lowest BCUT2D eigenvalue weighted by Crippen LogP contribution is -2.07. The number of nitrogens with zero attached hydrogens (tertiary/aromatic N) is 1. The van der Waals surface area contributed by atoms with Crippen LogP contribution in [0, 0.1) is 0 Å². The largest absolute Gasteiger partial charge is 0.369 e. The van der Waals surface area contributed by atoms with E-state index in [9.17, 15) is 4.79 Å². The first kappa shape index (κ1) is 11.0. The summed E-state index contributed by atoms with van der Waals surface area (Å²) in [4.78, 5) is 14.3. The van der Waals surface area contributed by atoms with Gasteiger partial charge in [-0.1, -0.05) is 35.4 Å². The summed E-state index contributed by atoms with van der Waals surface area (Å²) in [6, 6.07) is 0. The molecule has 3 nitrogen and oxygen atoms in total. The van der Waals surface area contributed by atoms with Crippen LogP contribution in [-0.2, 0) is 4.79 Å². The lowest BCUT2D eigenvalue weighted by atomic mass is 10.2. The van der Waals surface area contributed by atoms with Crippen LogP contribution < -0.4 is 5.73 Å². The summed E-state index contributed by atoms with van der Waals surface area (Å²) in [5.41, 5.74) is 5.61. The third-order valence-corrected chi connectivity index (χ3v) is 2.10. The van der Waals surface area contributed by atoms with E-state index >= 15 is 0 Å². The first-order valence-electron chi connectivity index (χ1n) is 3.85. The van der Waals surface area contributed by atoms with Crippen LogP contribution in [0.2, 0.25) is 10.0 Å². The molecule has 0 aromatic carbocycles. The summed E-state index contributed by atoms with van der Waals surface area (Å²) in [7, 11) is 0. The van der Waals surface area contributed by atoms with Gasteiger partial charge in [-0.3, -0.25) is 9.78 Å². The Morgan fingerprint density at radius 1 is 1.43 bits per heavy atom. The minimum Gasteiger partial charge on any atom is -0.369 e. The molecule has 0 radical (unpaired) electrons. The highest BCUT2D eigenvalue weighted by Crippen LogP contribution is 2.24. The molecule has 0 bridgehead atoms. The number of hydrogen-bond acceptors (Lipinski definition) is 2. The van der Waals surface area contributed by atoms with Crippen molar-refractivity contribution in [1.82, 2.24) is 4.98 Å². The molecule has 1 aromatic heterocycles. The van der Waals surface area contributed by atoms with Crippen molar-refractivity contribution in [3.63, 3.8) is 0 Å². The van der Waals surface area contributed by atoms with Crippen LogP contribution in [0.25, 0.3) is 6.08 Å². The van der Waals surface area contributed by atoms with Crippen LogP contribution in [0.15, 0.2) is 18.5 Å². The monoisotopic (exact) mass is 230 g/mol. The smallest absolute Gasteiger partial charge is 0.221 e. The predicted octanol–water partition coefficient (Wildman–Crippen LogP) is 2.28. The molecule has 0 saturated carbocycles. The summed E-state index contributed by atoms with van der Waals surface area (Å²) in [6.45, 7) is 0. The van der Waals surface area contributed by atoms with E-state index in [0.29, 0.717) is 15.6 Å². The number of pyridine rings is 1. The van der Waals surface area contributed by atoms with Crippen molar-refractivity contribution in [2.45, 2.75) is 6.42 Å². The predicted molar refractivity (Wildman–Crippen MR) is 57.1 cm³/mol. The van der Waals surface area contributed by atoms with Crippen molar-refractivity contribution >= 4 is 35.2 Å². The molecule has 0 aliphatic rings. The van der Waals surface area contributed by atoms with Crippen LogP contribution in [0.1, 0.15) is 12.0 Å². The van der Waals surface area contributed by atoms with Crippen molar-refractivity contribution < 1.29 is 4.79 Å². The van der Waals surface area contributed by atoms with Gasteiger partial charge in [0.05, 0.1) is 10.0 Å². The van der Waals surface area contributed by atoms with Gasteiger partial charge in [-0.2, -0.15) is 0 Å². The Hall–Kier alpha value is -1.06. The fourth-order valence-electron chi connectivity index (χ4n) is 0.873. The quantitative estimate of drug-likeness (QED) is 0.867. The van der Waals surface area contributed by atoms with E-state index in [0.717, 1.165) is 0 Å². The molecule has 0 spiro atoms. The molecule has 14 heavy (non-hydrogen) atoms. The second kappa shape index (κ2) is 4.98. The van der Waals surface area contributed by atoms with Gasteiger partial charge in [-0.05, 0) is 0 Å². The minimum atomic E-state index is -0.400. The lowest BCUT2D eigenvalue weighted by molar-refractivity contribution is -0.117. The highest BCUT2D eigenvalue weighted by atomic mass is 35.5. The number of rotatable bonds is 3. The van der Waals surface area contributed by atoms with Gasteiger partial charge in [0.2, 0.25) is 5.91 Å². The second-order valence-corrected chi connectivity index (χ2v) is 3.40. The minimum absolute atomic E-state index is 0.162. The molecular formula is C9H8Cl2N2O. The lowest BCUT2D eigenvalue weighted by Gasteiger charge is -1.99. The van der Waals surface area contributed by atoms with Crippen LogP contribution in [0.5, 0.6) is 0 Å². The van der Waals surface area contributed by atoms with Crippen molar-refractivity contribution in [2.24, 2.45) is 5.73 Å². The molecule has 0 unspecified atom stereocenters. The van der Waals surface area contributed by atoms with E-state index in [-0.39, 0.29) is 6.42 Å². The Labute approximate surface area is 91.5 Å². The number of carbonyl (C=O) groups is 1. The molecule has 1 aromatic rings. The molecule has 0 aliphatic carbocycles. The van der Waals surface area contributed by atoms with E-state index in [1.54, 1.807) is 12.2 Å². The fourth-order valence-corrected chi connectivity index (χ4v) is 1.36. The second-order valence-electron chi connectivity index (χ2n) is 2.59. The highest BCUT2D eigenvalue weighted by molar-refractivity contribution is 6.36. The van der Waals surface area contributed by atoms with Crippen molar-refractivity contribution in [2.75, 3.05) is 0 Å². The Bertz CT molecular complexity index is 357. The van der Waals surface area contributed by atoms with Crippen LogP contribution >= 0.6 is 23.2 Å². The number of hydrogen-bond donors (Lipinski definition) is 1. The summed E-state index contributed by atoms with van der Waals surface area (Å²) in [5.74, 6) is -0.400. The zero-order chi connectivity index (χ0) is 10.6. The van der Waals surface area contributed by atoms with Gasteiger partial charge in [0.25, 0.3) is 0 Å². The Morgan fingerprint density at radius 2 is 2.00 bits per heavy atom. The SMILES string of the molecule is NC(=O)CC=Cc1c(Cl)cncc1Cl. The average Bonchev–Trinajstić information content (AvgIpc) is 2.09. The van der Waals surface area contributed by atoms with Crippen molar-refractivity contribution in [1.29, 1.82) is 0 Å². The highest BCUT2D eigenvalue weighted by Gasteiger charge is 2.01. The van der Waals surface area contributed by atoms with E-state index < -0.39 is 5.91 Å². The van der Waals surface area contributed by atoms with E-state index in [4.69, 9.17) is 28.9 Å². The molecule has 1 heterocycles. The zero-order valence-corrected chi connectivity index (χ0v) is 8.72. The van der Waals surface area contributed by atoms with Gasteiger partial charge in [-0.25, -0.2) is 0 Å². The van der Waals surface area contributed by atoms with Gasteiger partial charge >= 0.3 is 0 Å². The molecule has 74 valence electrons. The number of aromatic nitrogens is 1. The van der Waals surface area contributed by atoms with Gasteiger partial charge in [0.15, 0.2) is 0 Å². The summed E-state index contributed by atoms with van der Waals surface area (Å²) >= 11 is 11.7. The van der Waals surface area contributed by atoms with Crippen LogP contribution in [-0.4, -0.2) is 10.9 Å². The Kier molecular flexibility index (Phi) is 3.92. The van der Waals surface area contributed by atoms with E-state index in [1.807, 2.05) is 0 Å². The van der Waals surface area contributed by atoms with Crippen molar-refractivity contribution in [3.8, 4) is 0 Å². The van der Waals surface area contributed by atoms with E-state index in [2.05, 4.69) is 4.98 Å². The number of primary amides is 1. The standard InChI is InChI=1S/C9H8Cl2N2O/c10-7-4-13-5-8(11)6(7)2-1-3-9(12)14/h1-2,4-5H,3H2,(H2,12,14). The molecule has 0 aliphatic heterocycles. The molecule has 5 heteroatoms. The van der Waals surface area contributed by atoms with Crippen molar-refractivity contribution in [3.05, 3.63) is 34.1 Å². The molecule has 0 saturated heterocycles. The molecular weight excluding hydrogens is 223 g/mol. The van der Waals surface area contributed by atoms with Gasteiger partial charge in [0.1, 0.15) is 0 Å². The molecule has 0 fully saturated rings. The maximum Gasteiger partial charge on any atom is 0.221 e. The van der Waals surface area contributed by atoms with Crippen LogP contribution in [0.3, 0.4) is 0 Å². The summed E-state index contributed by atoms with van der Waals surface area (Å²) in [5, 5.41) is 0.886. The number of halogens is 2. The van der Waals surface area contributed by atoms with Gasteiger partial charge in [-0.15, -0.1) is 0 Å². The number of amides is 1. The average molecular weight is 231 g/mol. The molecule has 2 N–H and O–H groups in total. The Morgan fingerprint density at radius 3 is 2.50 bits per heavy atom. The Balaban J connectivity index is 2.85. The van der Waals surface area contributed by atoms with Gasteiger partial charge in [0, 0.05) is 24.4 Å². The zero-order valence-electron chi connectivity index (χ0n) is 7.21.